The van der Waals surface area contributed by atoms with Crippen LogP contribution < -0.4 is 0 Å². The summed E-state index contributed by atoms with van der Waals surface area (Å²) in [5.74, 6) is -1.26. The highest BCUT2D eigenvalue weighted by Gasteiger charge is 2.18. The highest BCUT2D eigenvalue weighted by molar-refractivity contribution is 5.67. The third-order valence-electron chi connectivity index (χ3n) is 2.09. The Balaban J connectivity index is 3.84. The van der Waals surface area contributed by atoms with Crippen LogP contribution in [0.5, 0.6) is 0 Å². The summed E-state index contributed by atoms with van der Waals surface area (Å²) in [5, 5.41) is 18.8. The molecule has 5 nitrogen and oxygen atoms in total. The maximum Gasteiger partial charge on any atom is 0.303 e. The molecule has 1 N–H and O–H groups in total. The van der Waals surface area contributed by atoms with Crippen LogP contribution in [0.15, 0.2) is 0 Å². The average Bonchev–Trinajstić information content (AvgIpc) is 2.02. The Labute approximate surface area is 83.3 Å². The molecule has 0 radical (unpaired) electrons. The van der Waals surface area contributed by atoms with E-state index in [1.165, 1.54) is 0 Å². The van der Waals surface area contributed by atoms with Crippen molar-refractivity contribution in [1.29, 1.82) is 0 Å². The largest absolute Gasteiger partial charge is 0.481 e. The first-order chi connectivity index (χ1) is 6.56. The van der Waals surface area contributed by atoms with Crippen LogP contribution in [0.1, 0.15) is 39.0 Å². The van der Waals surface area contributed by atoms with Gasteiger partial charge in [0.05, 0.1) is 6.42 Å². The zero-order chi connectivity index (χ0) is 11.0. The number of nitrogens with zero attached hydrogens (tertiary/aromatic N) is 1. The van der Waals surface area contributed by atoms with Crippen LogP contribution in [0.25, 0.3) is 0 Å². The molecule has 0 saturated heterocycles. The number of carbonyl (C=O) groups is 1. The summed E-state index contributed by atoms with van der Waals surface area (Å²) in [7, 11) is 0. The summed E-state index contributed by atoms with van der Waals surface area (Å²) in [6.45, 7) is 1.82. The Morgan fingerprint density at radius 2 is 2.14 bits per heavy atom. The molecule has 0 fully saturated rings. The van der Waals surface area contributed by atoms with E-state index in [9.17, 15) is 14.9 Å². The number of carboxylic acid groups (broad SMARTS) is 1. The standard InChI is InChI=1S/C9H17NO4/c1-2-3-4-5-8(6-9(11)12)7-10(13)14/h8H,2-7H2,1H3,(H,11,12)/t8-/m0/s1. The Bertz CT molecular complexity index is 177. The van der Waals surface area contributed by atoms with Gasteiger partial charge in [0, 0.05) is 10.8 Å². The Morgan fingerprint density at radius 1 is 1.50 bits per heavy atom. The van der Waals surface area contributed by atoms with Gasteiger partial charge in [-0.25, -0.2) is 0 Å². The predicted octanol–water partition coefficient (Wildman–Crippen LogP) is 1.93. The molecule has 0 rings (SSSR count). The van der Waals surface area contributed by atoms with Crippen molar-refractivity contribution in [3.63, 3.8) is 0 Å². The van der Waals surface area contributed by atoms with E-state index in [1.807, 2.05) is 6.92 Å². The normalized spacial score (nSPS) is 12.4. The van der Waals surface area contributed by atoms with E-state index in [-0.39, 0.29) is 18.9 Å². The van der Waals surface area contributed by atoms with Crippen molar-refractivity contribution in [2.75, 3.05) is 6.54 Å². The highest BCUT2D eigenvalue weighted by Crippen LogP contribution is 2.14. The topological polar surface area (TPSA) is 80.4 Å². The molecule has 0 saturated carbocycles. The second kappa shape index (κ2) is 7.29. The van der Waals surface area contributed by atoms with E-state index >= 15 is 0 Å². The Morgan fingerprint density at radius 3 is 2.57 bits per heavy atom. The number of unbranched alkanes of at least 4 members (excludes halogenated alkanes) is 2. The second-order valence-electron chi connectivity index (χ2n) is 3.47. The first-order valence-corrected chi connectivity index (χ1v) is 4.89. The van der Waals surface area contributed by atoms with Crippen molar-refractivity contribution in [2.24, 2.45) is 5.92 Å². The average molecular weight is 203 g/mol. The van der Waals surface area contributed by atoms with Crippen LogP contribution in [0.2, 0.25) is 0 Å². The molecule has 0 aromatic heterocycles. The molecule has 14 heavy (non-hydrogen) atoms. The second-order valence-corrected chi connectivity index (χ2v) is 3.47. The maximum atomic E-state index is 10.4. The van der Waals surface area contributed by atoms with E-state index in [2.05, 4.69) is 0 Å². The Hall–Kier alpha value is -1.13. The van der Waals surface area contributed by atoms with E-state index in [1.54, 1.807) is 0 Å². The van der Waals surface area contributed by atoms with Crippen molar-refractivity contribution < 1.29 is 14.8 Å². The lowest BCUT2D eigenvalue weighted by Gasteiger charge is -2.09. The molecular weight excluding hydrogens is 186 g/mol. The fraction of sp³-hybridized carbons (Fsp3) is 0.889. The molecule has 5 heteroatoms. The molecule has 0 spiro atoms. The number of rotatable bonds is 8. The molecule has 0 unspecified atom stereocenters. The SMILES string of the molecule is CCCCC[C@@H](CC(=O)O)C[N+](=O)[O-]. The minimum absolute atomic E-state index is 0.0926. The third-order valence-corrected chi connectivity index (χ3v) is 2.09. The first-order valence-electron chi connectivity index (χ1n) is 4.89. The number of hydrogen-bond acceptors (Lipinski definition) is 3. The molecule has 0 aliphatic heterocycles. The van der Waals surface area contributed by atoms with Crippen LogP contribution in [0.3, 0.4) is 0 Å². The molecule has 0 aromatic rings. The lowest BCUT2D eigenvalue weighted by Crippen LogP contribution is -2.17. The molecule has 82 valence electrons. The van der Waals surface area contributed by atoms with Crippen LogP contribution in [0, 0.1) is 16.0 Å². The minimum Gasteiger partial charge on any atom is -0.481 e. The molecule has 0 aromatic carbocycles. The lowest BCUT2D eigenvalue weighted by atomic mass is 9.98. The third kappa shape index (κ3) is 7.52. The fourth-order valence-corrected chi connectivity index (χ4v) is 1.40. The van der Waals surface area contributed by atoms with Gasteiger partial charge in [-0.05, 0) is 6.42 Å². The summed E-state index contributed by atoms with van der Waals surface area (Å²) in [5.41, 5.74) is 0. The van der Waals surface area contributed by atoms with Crippen molar-refractivity contribution in [1.82, 2.24) is 0 Å². The van der Waals surface area contributed by atoms with Gasteiger partial charge in [-0.2, -0.15) is 0 Å². The van der Waals surface area contributed by atoms with Crippen molar-refractivity contribution in [2.45, 2.75) is 39.0 Å². The van der Waals surface area contributed by atoms with Gasteiger partial charge in [0.15, 0.2) is 0 Å². The van der Waals surface area contributed by atoms with Gasteiger partial charge in [0.25, 0.3) is 0 Å². The summed E-state index contributed by atoms with van der Waals surface area (Å²) >= 11 is 0. The monoisotopic (exact) mass is 203 g/mol. The van der Waals surface area contributed by atoms with Gasteiger partial charge in [-0.1, -0.05) is 26.2 Å². The lowest BCUT2D eigenvalue weighted by molar-refractivity contribution is -0.488. The number of carboxylic acids is 1. The minimum atomic E-state index is -0.951. The van der Waals surface area contributed by atoms with Crippen molar-refractivity contribution in [3.8, 4) is 0 Å². The zero-order valence-electron chi connectivity index (χ0n) is 8.44. The molecule has 1 atom stereocenters. The molecule has 0 heterocycles. The highest BCUT2D eigenvalue weighted by atomic mass is 16.6. The molecule has 0 aliphatic rings. The van der Waals surface area contributed by atoms with Gasteiger partial charge in [0.2, 0.25) is 6.54 Å². The number of aliphatic carboxylic acids is 1. The molecular formula is C9H17NO4. The smallest absolute Gasteiger partial charge is 0.303 e. The predicted molar refractivity (Wildman–Crippen MR) is 51.7 cm³/mol. The van der Waals surface area contributed by atoms with Crippen molar-refractivity contribution >= 4 is 5.97 Å². The maximum absolute atomic E-state index is 10.4. The van der Waals surface area contributed by atoms with Gasteiger partial charge in [-0.15, -0.1) is 0 Å². The van der Waals surface area contributed by atoms with Gasteiger partial charge in [0.1, 0.15) is 0 Å². The summed E-state index contributed by atoms with van der Waals surface area (Å²) in [6.07, 6.45) is 3.47. The summed E-state index contributed by atoms with van der Waals surface area (Å²) < 4.78 is 0. The van der Waals surface area contributed by atoms with Crippen LogP contribution in [-0.4, -0.2) is 22.5 Å². The number of nitro groups is 1. The molecule has 0 aliphatic carbocycles. The van der Waals surface area contributed by atoms with E-state index in [0.29, 0.717) is 6.42 Å². The quantitative estimate of drug-likeness (QED) is 0.371. The van der Waals surface area contributed by atoms with Crippen LogP contribution in [-0.2, 0) is 4.79 Å². The Kier molecular flexibility index (Phi) is 6.70. The molecule has 0 amide bonds. The van der Waals surface area contributed by atoms with E-state index in [0.717, 1.165) is 19.3 Å². The van der Waals surface area contributed by atoms with Crippen LogP contribution >= 0.6 is 0 Å². The molecule has 0 bridgehead atoms. The van der Waals surface area contributed by atoms with Gasteiger partial charge >= 0.3 is 5.97 Å². The van der Waals surface area contributed by atoms with Gasteiger partial charge in [-0.3, -0.25) is 14.9 Å². The van der Waals surface area contributed by atoms with E-state index < -0.39 is 10.9 Å². The summed E-state index contributed by atoms with van der Waals surface area (Å²) in [6, 6.07) is 0. The van der Waals surface area contributed by atoms with Gasteiger partial charge < -0.3 is 5.11 Å². The van der Waals surface area contributed by atoms with Crippen molar-refractivity contribution in [3.05, 3.63) is 10.1 Å². The summed E-state index contributed by atoms with van der Waals surface area (Å²) in [4.78, 5) is 20.2. The number of hydrogen-bond donors (Lipinski definition) is 1. The zero-order valence-corrected chi connectivity index (χ0v) is 8.44. The van der Waals surface area contributed by atoms with E-state index in [4.69, 9.17) is 5.11 Å². The van der Waals surface area contributed by atoms with Crippen LogP contribution in [0.4, 0.5) is 0 Å². The first kappa shape index (κ1) is 12.9. The fourth-order valence-electron chi connectivity index (χ4n) is 1.40.